The maximum absolute atomic E-state index is 14.0. The lowest BCUT2D eigenvalue weighted by atomic mass is 10.1. The second-order valence-corrected chi connectivity index (χ2v) is 18.9. The van der Waals surface area contributed by atoms with Gasteiger partial charge in [-0.2, -0.15) is 13.2 Å². The molecule has 2 N–H and O–H groups in total. The van der Waals surface area contributed by atoms with E-state index in [-0.39, 0.29) is 53.2 Å². The van der Waals surface area contributed by atoms with Crippen LogP contribution in [0.15, 0.2) is 33.5 Å². The molecule has 0 aromatic carbocycles. The van der Waals surface area contributed by atoms with Gasteiger partial charge in [0.25, 0.3) is 5.91 Å². The fourth-order valence-corrected chi connectivity index (χ4v) is 9.16. The molecule has 0 spiro atoms. The highest BCUT2D eigenvalue weighted by Gasteiger charge is 2.39. The lowest BCUT2D eigenvalue weighted by Crippen LogP contribution is -2.38. The second-order valence-electron chi connectivity index (χ2n) is 11.7. The van der Waals surface area contributed by atoms with E-state index in [0.717, 1.165) is 6.92 Å². The highest BCUT2D eigenvalue weighted by atomic mass is 32.2. The summed E-state index contributed by atoms with van der Waals surface area (Å²) in [6.45, 7) is 11.1. The van der Waals surface area contributed by atoms with Crippen molar-refractivity contribution in [1.82, 2.24) is 14.7 Å². The van der Waals surface area contributed by atoms with Gasteiger partial charge in [-0.15, -0.1) is 0 Å². The van der Waals surface area contributed by atoms with Crippen LogP contribution < -0.4 is 14.9 Å². The number of anilines is 2. The first-order valence-electron chi connectivity index (χ1n) is 13.1. The van der Waals surface area contributed by atoms with Crippen LogP contribution in [0.5, 0.6) is 0 Å². The highest BCUT2D eigenvalue weighted by Crippen LogP contribution is 2.39. The molecule has 1 unspecified atom stereocenters. The van der Waals surface area contributed by atoms with Gasteiger partial charge in [0.15, 0.2) is 13.3 Å². The van der Waals surface area contributed by atoms with E-state index in [4.69, 9.17) is 4.03 Å². The molecule has 1 fully saturated rings. The van der Waals surface area contributed by atoms with Crippen molar-refractivity contribution in [2.75, 3.05) is 30.4 Å². The maximum atomic E-state index is 14.0. The number of carbonyl (C=O) groups excluding carboxylic acids is 1. The van der Waals surface area contributed by atoms with Gasteiger partial charge in [0, 0.05) is 37.8 Å². The molecule has 0 saturated carbocycles. The molecule has 1 aliphatic rings. The lowest BCUT2D eigenvalue weighted by molar-refractivity contribution is -0.138. The number of rotatable bonds is 6. The summed E-state index contributed by atoms with van der Waals surface area (Å²) in [6.07, 6.45) is -4.27. The Balaban J connectivity index is 2.06. The van der Waals surface area contributed by atoms with Crippen LogP contribution in [-0.2, 0) is 16.1 Å². The molecule has 1 aliphatic heterocycles. The number of hydrogen-bond donors (Lipinski definition) is 2. The van der Waals surface area contributed by atoms with Crippen molar-refractivity contribution in [3.63, 3.8) is 0 Å². The van der Waals surface area contributed by atoms with E-state index in [0.29, 0.717) is 6.07 Å². The third kappa shape index (κ3) is 7.60. The third-order valence-electron chi connectivity index (χ3n) is 7.51. The quantitative estimate of drug-likeness (QED) is 0.278. The first-order valence-corrected chi connectivity index (χ1v) is 17.6. The highest BCUT2D eigenvalue weighted by molar-refractivity contribution is 7.92. The number of carbonyl (C=O) groups is 1. The largest absolute Gasteiger partial charge is 0.418 e. The molecule has 1 saturated heterocycles. The van der Waals surface area contributed by atoms with Crippen LogP contribution in [-0.4, -0.2) is 54.4 Å². The lowest BCUT2D eigenvalue weighted by Gasteiger charge is -2.33. The summed E-state index contributed by atoms with van der Waals surface area (Å²) in [5.41, 5.74) is -1.76. The molecule has 2 aromatic heterocycles. The molecule has 3 heterocycles. The Kier molecular flexibility index (Phi) is 9.26. The van der Waals surface area contributed by atoms with Gasteiger partial charge in [-0.3, -0.25) is 8.82 Å². The molecule has 3 rings (SSSR count). The van der Waals surface area contributed by atoms with E-state index in [1.54, 1.807) is 0 Å². The molecule has 0 bridgehead atoms. The van der Waals surface area contributed by atoms with Gasteiger partial charge in [-0.1, -0.05) is 20.8 Å². The number of nitrogens with zero attached hydrogens (tertiary/aromatic N) is 4. The van der Waals surface area contributed by atoms with Crippen LogP contribution in [0.4, 0.5) is 33.5 Å². The Hall–Kier alpha value is -2.65. The van der Waals surface area contributed by atoms with Gasteiger partial charge in [0.05, 0.1) is 16.8 Å². The monoisotopic (exact) mass is 620 g/mol. The number of halogens is 5. The molecule has 41 heavy (non-hydrogen) atoms. The van der Waals surface area contributed by atoms with Crippen LogP contribution in [0.3, 0.4) is 0 Å². The summed E-state index contributed by atoms with van der Waals surface area (Å²) >= 11 is 0. The van der Waals surface area contributed by atoms with Crippen molar-refractivity contribution in [3.8, 4) is 0 Å². The predicted molar refractivity (Wildman–Crippen MR) is 152 cm³/mol. The second kappa shape index (κ2) is 11.6. The van der Waals surface area contributed by atoms with Gasteiger partial charge in [0.2, 0.25) is 5.92 Å². The van der Waals surface area contributed by atoms with E-state index >= 15 is 0 Å². The molecule has 1 amide bonds. The number of pyridine rings is 2. The van der Waals surface area contributed by atoms with Crippen molar-refractivity contribution in [3.05, 3.63) is 41.2 Å². The molecule has 15 heteroatoms. The average Bonchev–Trinajstić information content (AvgIpc) is 3.02. The zero-order valence-corrected chi connectivity index (χ0v) is 26.1. The Morgan fingerprint density at radius 1 is 1.15 bits per heavy atom. The summed E-state index contributed by atoms with van der Waals surface area (Å²) in [5, 5.41) is 2.38. The van der Waals surface area contributed by atoms with Crippen molar-refractivity contribution in [2.45, 2.75) is 82.2 Å². The molecule has 8 nitrogen and oxygen atoms in total. The van der Waals surface area contributed by atoms with E-state index in [1.165, 1.54) is 30.3 Å². The van der Waals surface area contributed by atoms with E-state index in [1.807, 2.05) is 33.9 Å². The summed E-state index contributed by atoms with van der Waals surface area (Å²) in [7, 11) is -4.15. The summed E-state index contributed by atoms with van der Waals surface area (Å²) in [6, 6.07) is 3.45. The number of amides is 1. The third-order valence-corrected chi connectivity index (χ3v) is 15.4. The minimum Gasteiger partial charge on any atom is -0.356 e. The van der Waals surface area contributed by atoms with Crippen molar-refractivity contribution < 1.29 is 31.0 Å². The zero-order chi connectivity index (χ0) is 31.0. The van der Waals surface area contributed by atoms with Gasteiger partial charge in [-0.25, -0.2) is 27.7 Å². The topological polar surface area (TPSA) is 99.6 Å². The summed E-state index contributed by atoms with van der Waals surface area (Å²) in [4.78, 5) is 23.1. The average molecular weight is 621 g/mol. The van der Waals surface area contributed by atoms with Crippen LogP contribution in [0.2, 0.25) is 18.1 Å². The van der Waals surface area contributed by atoms with E-state index < -0.39 is 53.7 Å². The van der Waals surface area contributed by atoms with Crippen molar-refractivity contribution in [1.29, 1.82) is 0 Å². The molecule has 228 valence electrons. The van der Waals surface area contributed by atoms with Crippen LogP contribution in [0.25, 0.3) is 0 Å². The smallest absolute Gasteiger partial charge is 0.356 e. The summed E-state index contributed by atoms with van der Waals surface area (Å²) < 4.78 is 90.6. The van der Waals surface area contributed by atoms with E-state index in [9.17, 15) is 31.0 Å². The van der Waals surface area contributed by atoms with Gasteiger partial charge < -0.3 is 10.2 Å². The Labute approximate surface area is 238 Å². The molecule has 2 aromatic rings. The number of aryl methyl sites for hydroxylation is 1. The number of hydrogen-bond acceptors (Lipinski definition) is 6. The number of nitrogens with one attached hydrogen (secondary N) is 2. The van der Waals surface area contributed by atoms with Gasteiger partial charge in [-0.05, 0) is 56.7 Å². The predicted octanol–water partition coefficient (Wildman–Crippen LogP) is 6.65. The SMILES string of the molecule is CNS(=O)(=N[Si](C)(C)C(C)(C)C)c1cc(NC(=O)c2cc(C(F)(F)F)c(C)nc2N2CCCC(F)(F)CC2)ccn1. The van der Waals surface area contributed by atoms with E-state index in [2.05, 4.69) is 20.0 Å². The number of alkyl halides is 5. The molecule has 0 radical (unpaired) electrons. The fraction of sp³-hybridized carbons (Fsp3) is 0.577. The Bertz CT molecular complexity index is 1420. The molecular formula is C26H37F5N6O2SSi. The first-order chi connectivity index (χ1) is 18.7. The summed E-state index contributed by atoms with van der Waals surface area (Å²) in [5.74, 6) is -3.95. The van der Waals surface area contributed by atoms with Crippen LogP contribution >= 0.6 is 0 Å². The number of aromatic nitrogens is 2. The first kappa shape index (κ1) is 32.9. The zero-order valence-electron chi connectivity index (χ0n) is 24.2. The molecule has 1 atom stereocenters. The van der Waals surface area contributed by atoms with Crippen molar-refractivity contribution >= 4 is 35.6 Å². The van der Waals surface area contributed by atoms with Gasteiger partial charge >= 0.3 is 6.18 Å². The molecular weight excluding hydrogens is 583 g/mol. The van der Waals surface area contributed by atoms with Crippen LogP contribution in [0, 0.1) is 6.92 Å². The standard InChI is InChI=1S/C26H37F5N6O2SSi/c1-17-20(26(29,30)31)16-19(22(34-17)37-13-8-10-25(27,28)11-14-37)23(38)35-18-9-12-33-21(15-18)40(39,32-5)36-41(6,7)24(2,3)4/h9,12,15-16H,8,10-11,13-14H2,1-7H3,(H,32,36,39)(H,33,35,38). The minimum atomic E-state index is -4.79. The minimum absolute atomic E-state index is 0.0515. The van der Waals surface area contributed by atoms with Crippen molar-refractivity contribution in [2.24, 2.45) is 4.03 Å². The Morgan fingerprint density at radius 2 is 1.80 bits per heavy atom. The normalized spacial score (nSPS) is 17.9. The van der Waals surface area contributed by atoms with Crippen LogP contribution in [0.1, 0.15) is 61.6 Å². The fourth-order valence-electron chi connectivity index (χ4n) is 4.06. The molecule has 0 aliphatic carbocycles. The Morgan fingerprint density at radius 3 is 2.39 bits per heavy atom. The maximum Gasteiger partial charge on any atom is 0.418 e. The van der Waals surface area contributed by atoms with Gasteiger partial charge in [0.1, 0.15) is 15.7 Å².